The van der Waals surface area contributed by atoms with Gasteiger partial charge in [0.05, 0.1) is 17.6 Å². The molecule has 1 heterocycles. The van der Waals surface area contributed by atoms with Crippen LogP contribution >= 0.6 is 0 Å². The first-order chi connectivity index (χ1) is 8.17. The van der Waals surface area contributed by atoms with Crippen molar-refractivity contribution in [1.82, 2.24) is 9.55 Å². The Morgan fingerprint density at radius 3 is 2.82 bits per heavy atom. The molecule has 1 aromatic heterocycles. The van der Waals surface area contributed by atoms with Gasteiger partial charge in [-0.3, -0.25) is 0 Å². The van der Waals surface area contributed by atoms with E-state index in [0.717, 1.165) is 16.6 Å². The van der Waals surface area contributed by atoms with Crippen LogP contribution in [0.15, 0.2) is 18.2 Å². The van der Waals surface area contributed by atoms with Crippen LogP contribution in [-0.2, 0) is 11.3 Å². The first kappa shape index (κ1) is 11.6. The molecule has 1 aromatic carbocycles. The summed E-state index contributed by atoms with van der Waals surface area (Å²) >= 11 is 0. The molecule has 90 valence electrons. The highest BCUT2D eigenvalue weighted by Gasteiger charge is 2.17. The Morgan fingerprint density at radius 2 is 2.18 bits per heavy atom. The summed E-state index contributed by atoms with van der Waals surface area (Å²) in [5, 5.41) is 0. The van der Waals surface area contributed by atoms with E-state index in [1.807, 2.05) is 36.6 Å². The number of hydrogen-bond acceptors (Lipinski definition) is 3. The van der Waals surface area contributed by atoms with Crippen molar-refractivity contribution in [2.75, 3.05) is 6.61 Å². The third kappa shape index (κ3) is 2.02. The maximum Gasteiger partial charge on any atom is 0.374 e. The third-order valence-corrected chi connectivity index (χ3v) is 2.68. The second-order valence-electron chi connectivity index (χ2n) is 3.89. The van der Waals surface area contributed by atoms with E-state index >= 15 is 0 Å². The number of nitrogens with zero attached hydrogens (tertiary/aromatic N) is 2. The van der Waals surface area contributed by atoms with Crippen molar-refractivity contribution < 1.29 is 9.53 Å². The molecule has 0 bridgehead atoms. The van der Waals surface area contributed by atoms with E-state index in [0.29, 0.717) is 19.0 Å². The maximum absolute atomic E-state index is 11.8. The van der Waals surface area contributed by atoms with E-state index in [4.69, 9.17) is 4.74 Å². The molecule has 0 fully saturated rings. The number of imidazole rings is 1. The van der Waals surface area contributed by atoms with Gasteiger partial charge in [-0.05, 0) is 38.5 Å². The smallest absolute Gasteiger partial charge is 0.374 e. The van der Waals surface area contributed by atoms with Gasteiger partial charge in [0.2, 0.25) is 5.82 Å². The number of ether oxygens (including phenoxy) is 1. The molecule has 0 N–H and O–H groups in total. The average molecular weight is 232 g/mol. The molecule has 0 amide bonds. The first-order valence-corrected chi connectivity index (χ1v) is 5.81. The molecule has 2 aromatic rings. The summed E-state index contributed by atoms with van der Waals surface area (Å²) < 4.78 is 6.89. The number of carbonyl (C=O) groups excluding carboxylic acids is 1. The van der Waals surface area contributed by atoms with Gasteiger partial charge in [0.1, 0.15) is 0 Å². The number of hydrogen-bond donors (Lipinski definition) is 0. The van der Waals surface area contributed by atoms with E-state index < -0.39 is 0 Å². The summed E-state index contributed by atoms with van der Waals surface area (Å²) in [6.45, 7) is 6.86. The van der Waals surface area contributed by atoms with Gasteiger partial charge >= 0.3 is 5.97 Å². The zero-order chi connectivity index (χ0) is 12.4. The minimum atomic E-state index is -0.358. The number of benzene rings is 1. The molecule has 0 aliphatic heterocycles. The van der Waals surface area contributed by atoms with Crippen LogP contribution in [0.2, 0.25) is 0 Å². The van der Waals surface area contributed by atoms with Crippen molar-refractivity contribution >= 4 is 17.0 Å². The van der Waals surface area contributed by atoms with Gasteiger partial charge in [0, 0.05) is 6.54 Å². The quantitative estimate of drug-likeness (QED) is 0.764. The third-order valence-electron chi connectivity index (χ3n) is 2.68. The van der Waals surface area contributed by atoms with Crippen LogP contribution in [-0.4, -0.2) is 22.1 Å². The summed E-state index contributed by atoms with van der Waals surface area (Å²) in [6, 6.07) is 5.99. The van der Waals surface area contributed by atoms with Crippen molar-refractivity contribution in [3.8, 4) is 0 Å². The van der Waals surface area contributed by atoms with Crippen LogP contribution in [0.5, 0.6) is 0 Å². The fraction of sp³-hybridized carbons (Fsp3) is 0.385. The Balaban J connectivity index is 2.59. The maximum atomic E-state index is 11.8. The van der Waals surface area contributed by atoms with Gasteiger partial charge < -0.3 is 9.30 Å². The zero-order valence-corrected chi connectivity index (χ0v) is 10.4. The van der Waals surface area contributed by atoms with Gasteiger partial charge in [-0.25, -0.2) is 9.78 Å². The van der Waals surface area contributed by atoms with Gasteiger partial charge in [-0.1, -0.05) is 6.07 Å². The van der Waals surface area contributed by atoms with E-state index in [-0.39, 0.29) is 5.97 Å². The number of esters is 1. The minimum absolute atomic E-state index is 0.358. The fourth-order valence-corrected chi connectivity index (χ4v) is 1.91. The van der Waals surface area contributed by atoms with Crippen LogP contribution in [0.4, 0.5) is 0 Å². The summed E-state index contributed by atoms with van der Waals surface area (Å²) in [4.78, 5) is 16.1. The molecular formula is C13H16N2O2. The number of rotatable bonds is 3. The Labute approximate surface area is 100 Å². The Bertz CT molecular complexity index is 558. The molecule has 0 saturated carbocycles. The van der Waals surface area contributed by atoms with Crippen molar-refractivity contribution in [2.24, 2.45) is 0 Å². The SMILES string of the molecule is CCOC(=O)c1nc2cc(C)ccc2n1CC. The molecule has 4 nitrogen and oxygen atoms in total. The molecule has 17 heavy (non-hydrogen) atoms. The highest BCUT2D eigenvalue weighted by molar-refractivity contribution is 5.91. The van der Waals surface area contributed by atoms with Crippen LogP contribution in [0.1, 0.15) is 30.0 Å². The molecule has 0 aliphatic carbocycles. The second kappa shape index (κ2) is 4.57. The largest absolute Gasteiger partial charge is 0.460 e. The second-order valence-corrected chi connectivity index (χ2v) is 3.89. The van der Waals surface area contributed by atoms with Crippen LogP contribution < -0.4 is 0 Å². The monoisotopic (exact) mass is 232 g/mol. The van der Waals surface area contributed by atoms with E-state index in [2.05, 4.69) is 4.98 Å². The average Bonchev–Trinajstić information content (AvgIpc) is 2.66. The fourth-order valence-electron chi connectivity index (χ4n) is 1.91. The standard InChI is InChI=1S/C13H16N2O2/c1-4-15-11-7-6-9(3)8-10(11)14-12(15)13(16)17-5-2/h6-8H,4-5H2,1-3H3. The first-order valence-electron chi connectivity index (χ1n) is 5.81. The molecule has 0 spiro atoms. The van der Waals surface area contributed by atoms with E-state index in [9.17, 15) is 4.79 Å². The number of fused-ring (bicyclic) bond motifs is 1. The lowest BCUT2D eigenvalue weighted by atomic mass is 10.2. The van der Waals surface area contributed by atoms with Gasteiger partial charge in [0.25, 0.3) is 0 Å². The Hall–Kier alpha value is -1.84. The summed E-state index contributed by atoms with van der Waals surface area (Å²) in [5.41, 5.74) is 2.95. The van der Waals surface area contributed by atoms with Crippen LogP contribution in [0.3, 0.4) is 0 Å². The topological polar surface area (TPSA) is 44.1 Å². The van der Waals surface area contributed by atoms with Crippen LogP contribution in [0, 0.1) is 6.92 Å². The molecular weight excluding hydrogens is 216 g/mol. The zero-order valence-electron chi connectivity index (χ0n) is 10.4. The lowest BCUT2D eigenvalue weighted by Crippen LogP contribution is -2.12. The molecule has 0 radical (unpaired) electrons. The lowest BCUT2D eigenvalue weighted by molar-refractivity contribution is 0.0507. The lowest BCUT2D eigenvalue weighted by Gasteiger charge is -2.04. The summed E-state index contributed by atoms with van der Waals surface area (Å²) in [6.07, 6.45) is 0. The van der Waals surface area contributed by atoms with Gasteiger partial charge in [-0.15, -0.1) is 0 Å². The van der Waals surface area contributed by atoms with Crippen molar-refractivity contribution in [3.05, 3.63) is 29.6 Å². The highest BCUT2D eigenvalue weighted by Crippen LogP contribution is 2.18. The van der Waals surface area contributed by atoms with Crippen LogP contribution in [0.25, 0.3) is 11.0 Å². The summed E-state index contributed by atoms with van der Waals surface area (Å²) in [5.74, 6) is 0.0261. The van der Waals surface area contributed by atoms with Crippen molar-refractivity contribution in [3.63, 3.8) is 0 Å². The van der Waals surface area contributed by atoms with Gasteiger partial charge in [0.15, 0.2) is 0 Å². The predicted molar refractivity (Wildman–Crippen MR) is 66.1 cm³/mol. The normalized spacial score (nSPS) is 10.8. The minimum Gasteiger partial charge on any atom is -0.460 e. The molecule has 4 heteroatoms. The van der Waals surface area contributed by atoms with E-state index in [1.54, 1.807) is 6.92 Å². The molecule has 2 rings (SSSR count). The number of carbonyl (C=O) groups is 1. The Kier molecular flexibility index (Phi) is 3.13. The molecule has 0 saturated heterocycles. The molecule has 0 unspecified atom stereocenters. The predicted octanol–water partition coefficient (Wildman–Crippen LogP) is 2.54. The van der Waals surface area contributed by atoms with Gasteiger partial charge in [-0.2, -0.15) is 0 Å². The Morgan fingerprint density at radius 1 is 1.41 bits per heavy atom. The van der Waals surface area contributed by atoms with Crippen molar-refractivity contribution in [1.29, 1.82) is 0 Å². The molecule has 0 atom stereocenters. The highest BCUT2D eigenvalue weighted by atomic mass is 16.5. The molecule has 0 aliphatic rings. The van der Waals surface area contributed by atoms with E-state index in [1.165, 1.54) is 0 Å². The summed E-state index contributed by atoms with van der Waals surface area (Å²) in [7, 11) is 0. The number of aromatic nitrogens is 2. The number of aryl methyl sites for hydroxylation is 2. The van der Waals surface area contributed by atoms with Crippen molar-refractivity contribution in [2.45, 2.75) is 27.3 Å².